The van der Waals surface area contributed by atoms with Crippen LogP contribution in [0.15, 0.2) is 4.99 Å². The SMILES string of the molecule is C[C@]1(O)N=CN[C@]1(C)O.Cl. The molecule has 0 radical (unpaired) electrons. The average Bonchev–Trinajstić information content (AvgIpc) is 1.81. The summed E-state index contributed by atoms with van der Waals surface area (Å²) in [4.78, 5) is 3.59. The van der Waals surface area contributed by atoms with Crippen molar-refractivity contribution >= 4 is 18.7 Å². The van der Waals surface area contributed by atoms with Crippen LogP contribution in [0.4, 0.5) is 0 Å². The zero-order valence-electron chi connectivity index (χ0n) is 5.83. The Labute approximate surface area is 65.4 Å². The lowest BCUT2D eigenvalue weighted by molar-refractivity contribution is -0.122. The Morgan fingerprint density at radius 1 is 1.40 bits per heavy atom. The molecule has 1 aliphatic heterocycles. The second kappa shape index (κ2) is 2.38. The van der Waals surface area contributed by atoms with Gasteiger partial charge in [0.15, 0.2) is 5.72 Å². The summed E-state index contributed by atoms with van der Waals surface area (Å²) in [6.07, 6.45) is 1.29. The van der Waals surface area contributed by atoms with Crippen molar-refractivity contribution < 1.29 is 10.2 Å². The molecule has 1 aliphatic rings. The first-order valence-electron chi connectivity index (χ1n) is 2.72. The van der Waals surface area contributed by atoms with Crippen molar-refractivity contribution in [3.8, 4) is 0 Å². The minimum atomic E-state index is -1.40. The Bertz CT molecular complexity index is 156. The molecule has 0 unspecified atom stereocenters. The third kappa shape index (κ3) is 1.23. The van der Waals surface area contributed by atoms with E-state index in [1.165, 1.54) is 20.2 Å². The lowest BCUT2D eigenvalue weighted by atomic mass is 10.1. The van der Waals surface area contributed by atoms with E-state index in [1.54, 1.807) is 0 Å². The predicted molar refractivity (Wildman–Crippen MR) is 40.1 cm³/mol. The van der Waals surface area contributed by atoms with E-state index >= 15 is 0 Å². The molecule has 0 bridgehead atoms. The highest BCUT2D eigenvalue weighted by molar-refractivity contribution is 5.85. The fourth-order valence-electron chi connectivity index (χ4n) is 0.546. The molecule has 0 amide bonds. The maximum atomic E-state index is 9.24. The Morgan fingerprint density at radius 3 is 2.00 bits per heavy atom. The summed E-state index contributed by atoms with van der Waals surface area (Å²) < 4.78 is 0. The predicted octanol–water partition coefficient (Wildman–Crippen LogP) is -0.543. The molecule has 60 valence electrons. The highest BCUT2D eigenvalue weighted by Crippen LogP contribution is 2.22. The second-order valence-corrected chi connectivity index (χ2v) is 2.50. The van der Waals surface area contributed by atoms with Crippen molar-refractivity contribution in [3.63, 3.8) is 0 Å². The summed E-state index contributed by atoms with van der Waals surface area (Å²) in [7, 11) is 0. The van der Waals surface area contributed by atoms with E-state index in [0.29, 0.717) is 0 Å². The van der Waals surface area contributed by atoms with E-state index in [9.17, 15) is 10.2 Å². The number of aliphatic hydroxyl groups is 2. The van der Waals surface area contributed by atoms with Gasteiger partial charge in [0, 0.05) is 0 Å². The number of rotatable bonds is 0. The van der Waals surface area contributed by atoms with Crippen molar-refractivity contribution in [2.24, 2.45) is 4.99 Å². The van der Waals surface area contributed by atoms with E-state index in [1.807, 2.05) is 0 Å². The van der Waals surface area contributed by atoms with Gasteiger partial charge in [-0.1, -0.05) is 0 Å². The topological polar surface area (TPSA) is 64.9 Å². The van der Waals surface area contributed by atoms with Gasteiger partial charge in [0.2, 0.25) is 5.72 Å². The van der Waals surface area contributed by atoms with Crippen LogP contribution < -0.4 is 5.32 Å². The van der Waals surface area contributed by atoms with Crippen LogP contribution >= 0.6 is 12.4 Å². The van der Waals surface area contributed by atoms with Gasteiger partial charge < -0.3 is 15.5 Å². The van der Waals surface area contributed by atoms with Crippen LogP contribution in [0.5, 0.6) is 0 Å². The maximum Gasteiger partial charge on any atom is 0.202 e. The molecule has 3 N–H and O–H groups in total. The quantitative estimate of drug-likeness (QED) is 0.453. The Morgan fingerprint density at radius 2 is 1.90 bits per heavy atom. The first kappa shape index (κ1) is 9.68. The average molecular weight is 167 g/mol. The fourth-order valence-corrected chi connectivity index (χ4v) is 0.546. The third-order valence-electron chi connectivity index (χ3n) is 1.58. The van der Waals surface area contributed by atoms with Gasteiger partial charge in [-0.3, -0.25) is 0 Å². The van der Waals surface area contributed by atoms with Gasteiger partial charge in [-0.15, -0.1) is 12.4 Å². The molecular weight excluding hydrogens is 156 g/mol. The standard InChI is InChI=1S/C5H10N2O2.ClH/c1-4(8)5(2,9)7-3-6-4;/h3,8-9H,1-2H3,(H,6,7);1H/t4-,5-;/m1./s1. The van der Waals surface area contributed by atoms with Gasteiger partial charge in [0.25, 0.3) is 0 Å². The Balaban J connectivity index is 0.000000810. The molecule has 0 spiro atoms. The summed E-state index contributed by atoms with van der Waals surface area (Å²) in [6, 6.07) is 0. The minimum Gasteiger partial charge on any atom is -0.367 e. The third-order valence-corrected chi connectivity index (χ3v) is 1.58. The second-order valence-electron chi connectivity index (χ2n) is 2.50. The van der Waals surface area contributed by atoms with E-state index in [-0.39, 0.29) is 12.4 Å². The van der Waals surface area contributed by atoms with Gasteiger partial charge in [-0.2, -0.15) is 0 Å². The van der Waals surface area contributed by atoms with Gasteiger partial charge in [-0.05, 0) is 13.8 Å². The molecule has 0 aromatic rings. The lowest BCUT2D eigenvalue weighted by Crippen LogP contribution is -2.53. The Kier molecular flexibility index (Phi) is 2.30. The summed E-state index contributed by atoms with van der Waals surface area (Å²) >= 11 is 0. The molecule has 2 atom stereocenters. The number of hydrogen-bond donors (Lipinski definition) is 3. The van der Waals surface area contributed by atoms with Crippen LogP contribution in [0.3, 0.4) is 0 Å². The van der Waals surface area contributed by atoms with Gasteiger partial charge in [-0.25, -0.2) is 4.99 Å². The van der Waals surface area contributed by atoms with Crippen LogP contribution in [-0.2, 0) is 0 Å². The molecule has 0 fully saturated rings. The van der Waals surface area contributed by atoms with E-state index < -0.39 is 11.4 Å². The Hall–Kier alpha value is -0.320. The summed E-state index contributed by atoms with van der Waals surface area (Å²) in [6.45, 7) is 2.89. The van der Waals surface area contributed by atoms with E-state index in [0.717, 1.165) is 0 Å². The monoisotopic (exact) mass is 166 g/mol. The largest absolute Gasteiger partial charge is 0.367 e. The highest BCUT2D eigenvalue weighted by Gasteiger charge is 2.44. The highest BCUT2D eigenvalue weighted by atomic mass is 35.5. The molecular formula is C5H11ClN2O2. The zero-order chi connectivity index (χ0) is 7.12. The van der Waals surface area contributed by atoms with Crippen molar-refractivity contribution in [2.75, 3.05) is 0 Å². The van der Waals surface area contributed by atoms with Crippen molar-refractivity contribution in [2.45, 2.75) is 25.3 Å². The number of nitrogens with one attached hydrogen (secondary N) is 1. The zero-order valence-corrected chi connectivity index (χ0v) is 6.64. The van der Waals surface area contributed by atoms with E-state index in [4.69, 9.17) is 0 Å². The molecule has 0 saturated carbocycles. The molecule has 0 saturated heterocycles. The van der Waals surface area contributed by atoms with E-state index in [2.05, 4.69) is 10.3 Å². The molecule has 1 heterocycles. The van der Waals surface area contributed by atoms with Gasteiger partial charge >= 0.3 is 0 Å². The summed E-state index contributed by atoms with van der Waals surface area (Å²) in [5.74, 6) is 0. The number of hydrogen-bond acceptors (Lipinski definition) is 4. The molecule has 1 rings (SSSR count). The number of halogens is 1. The van der Waals surface area contributed by atoms with Crippen molar-refractivity contribution in [1.82, 2.24) is 5.32 Å². The van der Waals surface area contributed by atoms with Crippen LogP contribution in [0.2, 0.25) is 0 Å². The molecule has 0 aliphatic carbocycles. The number of nitrogens with zero attached hydrogens (tertiary/aromatic N) is 1. The minimum absolute atomic E-state index is 0. The molecule has 5 heteroatoms. The first-order chi connectivity index (χ1) is 3.96. The van der Waals surface area contributed by atoms with Crippen molar-refractivity contribution in [1.29, 1.82) is 0 Å². The van der Waals surface area contributed by atoms with Crippen LogP contribution in [0, 0.1) is 0 Å². The first-order valence-corrected chi connectivity index (χ1v) is 2.72. The van der Waals surface area contributed by atoms with Crippen molar-refractivity contribution in [3.05, 3.63) is 0 Å². The summed E-state index contributed by atoms with van der Waals surface area (Å²) in [5.41, 5.74) is -2.72. The normalized spacial score (nSPS) is 44.4. The summed E-state index contributed by atoms with van der Waals surface area (Å²) in [5, 5.41) is 20.9. The van der Waals surface area contributed by atoms with Crippen LogP contribution in [0.25, 0.3) is 0 Å². The number of aliphatic imine (C=N–C) groups is 1. The molecule has 4 nitrogen and oxygen atoms in total. The maximum absolute atomic E-state index is 9.24. The van der Waals surface area contributed by atoms with Crippen LogP contribution in [-0.4, -0.2) is 28.0 Å². The van der Waals surface area contributed by atoms with Gasteiger partial charge in [0.1, 0.15) is 0 Å². The smallest absolute Gasteiger partial charge is 0.202 e. The van der Waals surface area contributed by atoms with Crippen LogP contribution in [0.1, 0.15) is 13.8 Å². The lowest BCUT2D eigenvalue weighted by Gasteiger charge is -2.28. The fraction of sp³-hybridized carbons (Fsp3) is 0.800. The van der Waals surface area contributed by atoms with Gasteiger partial charge in [0.05, 0.1) is 6.34 Å². The molecule has 10 heavy (non-hydrogen) atoms. The molecule has 0 aromatic heterocycles. The molecule has 0 aromatic carbocycles.